The summed E-state index contributed by atoms with van der Waals surface area (Å²) in [6.45, 7) is 1.97. The van der Waals surface area contributed by atoms with Crippen LogP contribution in [0.2, 0.25) is 0 Å². The highest BCUT2D eigenvalue weighted by Gasteiger charge is 2.13. The smallest absolute Gasteiger partial charge is 0.256 e. The van der Waals surface area contributed by atoms with Gasteiger partial charge in [0.15, 0.2) is 0 Å². The minimum absolute atomic E-state index is 0.232. The number of carbonyl (C=O) groups excluding carboxylic acids is 1. The van der Waals surface area contributed by atoms with Crippen molar-refractivity contribution in [1.82, 2.24) is 4.98 Å². The molecule has 0 aliphatic rings. The van der Waals surface area contributed by atoms with E-state index in [1.807, 2.05) is 43.3 Å². The largest absolute Gasteiger partial charge is 0.496 e. The summed E-state index contributed by atoms with van der Waals surface area (Å²) in [4.78, 5) is 16.6. The van der Waals surface area contributed by atoms with Gasteiger partial charge in [0.25, 0.3) is 5.91 Å². The Labute approximate surface area is 160 Å². The van der Waals surface area contributed by atoms with Gasteiger partial charge in [0.05, 0.1) is 7.11 Å². The Kier molecular flexibility index (Phi) is 5.23. The number of benzene rings is 2. The quantitative estimate of drug-likeness (QED) is 0.653. The normalized spacial score (nSPS) is 10.4. The monoisotopic (exact) mass is 411 g/mol. The molecule has 2 aromatic carbocycles. The maximum Gasteiger partial charge on any atom is 0.256 e. The van der Waals surface area contributed by atoms with Crippen LogP contribution in [0.3, 0.4) is 0 Å². The fourth-order valence-electron chi connectivity index (χ4n) is 2.56. The molecule has 0 bridgehead atoms. The summed E-state index contributed by atoms with van der Waals surface area (Å²) in [7, 11) is 1.60. The number of aromatic nitrogens is 1. The Hall–Kier alpha value is -2.86. The number of carbonyl (C=O) groups is 1. The van der Waals surface area contributed by atoms with Crippen LogP contribution >= 0.6 is 15.9 Å². The van der Waals surface area contributed by atoms with Gasteiger partial charge in [-0.15, -0.1) is 0 Å². The second-order valence-electron chi connectivity index (χ2n) is 5.79. The first-order chi connectivity index (χ1) is 12.5. The number of methoxy groups -OCH3 is 1. The van der Waals surface area contributed by atoms with Crippen molar-refractivity contribution in [2.75, 3.05) is 18.2 Å². The zero-order valence-corrected chi connectivity index (χ0v) is 16.0. The summed E-state index contributed by atoms with van der Waals surface area (Å²) in [5, 5.41) is 2.77. The van der Waals surface area contributed by atoms with Crippen molar-refractivity contribution in [3.05, 3.63) is 70.2 Å². The summed E-state index contributed by atoms with van der Waals surface area (Å²) in [6.07, 6.45) is 0. The lowest BCUT2D eigenvalue weighted by atomic mass is 10.1. The van der Waals surface area contributed by atoms with Gasteiger partial charge in [-0.2, -0.15) is 0 Å². The molecular formula is C20H18BrN3O2. The maximum atomic E-state index is 12.3. The SMILES string of the molecule is COc1ccc(Br)cc1-c1ccc(NC(=O)c2ccc(C)cc2)nc1N. The molecule has 3 N–H and O–H groups in total. The number of hydrogen-bond donors (Lipinski definition) is 2. The molecule has 0 radical (unpaired) electrons. The van der Waals surface area contributed by atoms with Crippen LogP contribution in [-0.4, -0.2) is 18.0 Å². The van der Waals surface area contributed by atoms with Crippen molar-refractivity contribution in [2.24, 2.45) is 0 Å². The van der Waals surface area contributed by atoms with Gasteiger partial charge >= 0.3 is 0 Å². The number of nitrogens with two attached hydrogens (primary N) is 1. The summed E-state index contributed by atoms with van der Waals surface area (Å²) in [6, 6.07) is 16.5. The van der Waals surface area contributed by atoms with E-state index in [2.05, 4.69) is 26.2 Å². The minimum atomic E-state index is -0.232. The van der Waals surface area contributed by atoms with Crippen LogP contribution in [0.5, 0.6) is 5.75 Å². The number of hydrogen-bond acceptors (Lipinski definition) is 4. The summed E-state index contributed by atoms with van der Waals surface area (Å²) in [5.41, 5.74) is 9.34. The molecule has 5 nitrogen and oxygen atoms in total. The third-order valence-electron chi connectivity index (χ3n) is 3.93. The van der Waals surface area contributed by atoms with Crippen LogP contribution in [0, 0.1) is 6.92 Å². The molecule has 0 unspecified atom stereocenters. The van der Waals surface area contributed by atoms with Crippen LogP contribution in [0.4, 0.5) is 11.6 Å². The number of anilines is 2. The average molecular weight is 412 g/mol. The van der Waals surface area contributed by atoms with E-state index in [9.17, 15) is 4.79 Å². The number of nitrogen functional groups attached to an aromatic ring is 1. The number of ether oxygens (including phenoxy) is 1. The Morgan fingerprint density at radius 3 is 2.46 bits per heavy atom. The first-order valence-electron chi connectivity index (χ1n) is 7.96. The van der Waals surface area contributed by atoms with Crippen molar-refractivity contribution >= 4 is 33.5 Å². The number of halogens is 1. The lowest BCUT2D eigenvalue weighted by Gasteiger charge is -2.12. The predicted octanol–water partition coefficient (Wildman–Crippen LogP) is 4.66. The van der Waals surface area contributed by atoms with Gasteiger partial charge in [0.2, 0.25) is 0 Å². The van der Waals surface area contributed by atoms with Crippen molar-refractivity contribution in [1.29, 1.82) is 0 Å². The van der Waals surface area contributed by atoms with Gasteiger partial charge in [-0.1, -0.05) is 33.6 Å². The highest BCUT2D eigenvalue weighted by Crippen LogP contribution is 2.35. The van der Waals surface area contributed by atoms with E-state index < -0.39 is 0 Å². The lowest BCUT2D eigenvalue weighted by molar-refractivity contribution is 0.102. The minimum Gasteiger partial charge on any atom is -0.496 e. The molecule has 1 heterocycles. The topological polar surface area (TPSA) is 77.2 Å². The van der Waals surface area contributed by atoms with E-state index in [4.69, 9.17) is 10.5 Å². The second kappa shape index (κ2) is 7.58. The molecule has 132 valence electrons. The van der Waals surface area contributed by atoms with Crippen LogP contribution in [0.25, 0.3) is 11.1 Å². The van der Waals surface area contributed by atoms with E-state index >= 15 is 0 Å². The summed E-state index contributed by atoms with van der Waals surface area (Å²) >= 11 is 3.45. The Bertz CT molecular complexity index is 956. The molecule has 0 aliphatic carbocycles. The summed E-state index contributed by atoms with van der Waals surface area (Å²) in [5.74, 6) is 1.16. The van der Waals surface area contributed by atoms with E-state index in [0.717, 1.165) is 21.2 Å². The van der Waals surface area contributed by atoms with Crippen LogP contribution in [0.1, 0.15) is 15.9 Å². The zero-order chi connectivity index (χ0) is 18.7. The maximum absolute atomic E-state index is 12.3. The second-order valence-corrected chi connectivity index (χ2v) is 6.71. The zero-order valence-electron chi connectivity index (χ0n) is 14.4. The number of aryl methyl sites for hydroxylation is 1. The standard InChI is InChI=1S/C20H18BrN3O2/c1-12-3-5-13(6-4-12)20(25)24-18-10-8-15(19(22)23-18)16-11-14(21)7-9-17(16)26-2/h3-11H,1-2H3,(H3,22,23,24,25). The molecule has 6 heteroatoms. The fraction of sp³-hybridized carbons (Fsp3) is 0.100. The van der Waals surface area contributed by atoms with Crippen LogP contribution in [-0.2, 0) is 0 Å². The molecule has 3 rings (SSSR count). The highest BCUT2D eigenvalue weighted by molar-refractivity contribution is 9.10. The Morgan fingerprint density at radius 2 is 1.81 bits per heavy atom. The molecule has 1 aromatic heterocycles. The third kappa shape index (κ3) is 3.86. The van der Waals surface area contributed by atoms with Gasteiger partial charge < -0.3 is 15.8 Å². The van der Waals surface area contributed by atoms with Crippen LogP contribution in [0.15, 0.2) is 59.1 Å². The van der Waals surface area contributed by atoms with Crippen molar-refractivity contribution in [3.8, 4) is 16.9 Å². The van der Waals surface area contributed by atoms with Gasteiger partial charge in [0.1, 0.15) is 17.4 Å². The van der Waals surface area contributed by atoms with E-state index in [-0.39, 0.29) is 5.91 Å². The lowest BCUT2D eigenvalue weighted by Crippen LogP contribution is -2.13. The average Bonchev–Trinajstić information content (AvgIpc) is 2.62. The molecular weight excluding hydrogens is 394 g/mol. The van der Waals surface area contributed by atoms with Gasteiger partial charge in [0, 0.05) is 21.2 Å². The van der Waals surface area contributed by atoms with E-state index in [0.29, 0.717) is 22.9 Å². The van der Waals surface area contributed by atoms with E-state index in [1.54, 1.807) is 25.3 Å². The van der Waals surface area contributed by atoms with E-state index in [1.165, 1.54) is 0 Å². The Balaban J connectivity index is 1.87. The molecule has 0 saturated carbocycles. The number of pyridine rings is 1. The fourth-order valence-corrected chi connectivity index (χ4v) is 2.92. The third-order valence-corrected chi connectivity index (χ3v) is 4.43. The van der Waals surface area contributed by atoms with Crippen LogP contribution < -0.4 is 15.8 Å². The number of amides is 1. The van der Waals surface area contributed by atoms with Crippen molar-refractivity contribution in [2.45, 2.75) is 6.92 Å². The molecule has 1 amide bonds. The first-order valence-corrected chi connectivity index (χ1v) is 8.75. The van der Waals surface area contributed by atoms with Gasteiger partial charge in [-0.3, -0.25) is 4.79 Å². The number of rotatable bonds is 4. The molecule has 0 saturated heterocycles. The predicted molar refractivity (Wildman–Crippen MR) is 107 cm³/mol. The molecule has 0 atom stereocenters. The number of nitrogens with zero attached hydrogens (tertiary/aromatic N) is 1. The van der Waals surface area contributed by atoms with Crippen molar-refractivity contribution < 1.29 is 9.53 Å². The van der Waals surface area contributed by atoms with Gasteiger partial charge in [-0.05, 0) is 49.4 Å². The Morgan fingerprint density at radius 1 is 1.08 bits per heavy atom. The molecule has 3 aromatic rings. The van der Waals surface area contributed by atoms with Gasteiger partial charge in [-0.25, -0.2) is 4.98 Å². The molecule has 26 heavy (non-hydrogen) atoms. The molecule has 0 fully saturated rings. The first kappa shape index (κ1) is 17.9. The van der Waals surface area contributed by atoms with Crippen molar-refractivity contribution in [3.63, 3.8) is 0 Å². The summed E-state index contributed by atoms with van der Waals surface area (Å²) < 4.78 is 6.30. The number of nitrogens with one attached hydrogen (secondary N) is 1. The molecule has 0 aliphatic heterocycles. The molecule has 0 spiro atoms. The highest BCUT2D eigenvalue weighted by atomic mass is 79.9.